The number of hydrogen-bond acceptors (Lipinski definition) is 5. The first-order valence-electron chi connectivity index (χ1n) is 11.8. The maximum atomic E-state index is 13.3. The van der Waals surface area contributed by atoms with Crippen LogP contribution in [0.5, 0.6) is 0 Å². The number of hydrogen-bond donors (Lipinski definition) is 1. The van der Waals surface area contributed by atoms with Crippen molar-refractivity contribution in [1.82, 2.24) is 39.2 Å². The molecule has 5 aromatic rings. The molecule has 0 atom stereocenters. The molecule has 5 aromatic heterocycles. The van der Waals surface area contributed by atoms with Gasteiger partial charge in [0.15, 0.2) is 0 Å². The second-order valence-electron chi connectivity index (χ2n) is 9.39. The Balaban J connectivity index is 1.42. The average Bonchev–Trinajstić information content (AvgIpc) is 3.53. The number of aryl methyl sites for hydroxylation is 2. The summed E-state index contributed by atoms with van der Waals surface area (Å²) in [6.07, 6.45) is 7.47. The fraction of sp³-hybridized carbons (Fsp3) is 0.308. The predicted octanol–water partition coefficient (Wildman–Crippen LogP) is 3.28. The third-order valence-electron chi connectivity index (χ3n) is 7.18. The highest BCUT2D eigenvalue weighted by molar-refractivity contribution is 6.02. The van der Waals surface area contributed by atoms with Gasteiger partial charge in [0.2, 0.25) is 0 Å². The number of H-pyrrole nitrogens is 1. The van der Waals surface area contributed by atoms with Crippen molar-refractivity contribution in [2.45, 2.75) is 13.8 Å². The minimum absolute atomic E-state index is 0.0376. The monoisotopic (exact) mass is 468 g/mol. The van der Waals surface area contributed by atoms with Crippen LogP contribution in [0.1, 0.15) is 21.7 Å². The number of nitrogens with zero attached hydrogens (tertiary/aromatic N) is 7. The highest BCUT2D eigenvalue weighted by Gasteiger charge is 2.23. The van der Waals surface area contributed by atoms with Crippen molar-refractivity contribution in [2.75, 3.05) is 33.2 Å². The molecule has 9 nitrogen and oxygen atoms in total. The van der Waals surface area contributed by atoms with Gasteiger partial charge in [-0.1, -0.05) is 0 Å². The number of piperazine rings is 1. The summed E-state index contributed by atoms with van der Waals surface area (Å²) < 4.78 is 3.67. The molecule has 1 aliphatic heterocycles. The van der Waals surface area contributed by atoms with E-state index in [1.54, 1.807) is 10.7 Å². The van der Waals surface area contributed by atoms with Gasteiger partial charge < -0.3 is 14.8 Å². The number of pyridine rings is 2. The van der Waals surface area contributed by atoms with E-state index >= 15 is 0 Å². The molecule has 0 radical (unpaired) electrons. The van der Waals surface area contributed by atoms with Crippen LogP contribution >= 0.6 is 0 Å². The van der Waals surface area contributed by atoms with E-state index < -0.39 is 0 Å². The molecule has 178 valence electrons. The zero-order chi connectivity index (χ0) is 24.3. The van der Waals surface area contributed by atoms with Crippen LogP contribution in [0.15, 0.2) is 43.0 Å². The number of rotatable bonds is 3. The molecule has 0 aliphatic carbocycles. The number of nitrogens with one attached hydrogen (secondary N) is 1. The zero-order valence-electron chi connectivity index (χ0n) is 20.4. The van der Waals surface area contributed by atoms with Gasteiger partial charge in [-0.2, -0.15) is 10.2 Å². The van der Waals surface area contributed by atoms with Crippen molar-refractivity contribution in [3.8, 4) is 22.3 Å². The molecule has 0 spiro atoms. The summed E-state index contributed by atoms with van der Waals surface area (Å²) in [4.78, 5) is 25.4. The van der Waals surface area contributed by atoms with Crippen molar-refractivity contribution in [3.05, 3.63) is 59.9 Å². The summed E-state index contributed by atoms with van der Waals surface area (Å²) in [7, 11) is 4.04. The molecule has 6 heterocycles. The molecule has 1 aliphatic rings. The van der Waals surface area contributed by atoms with E-state index in [0.29, 0.717) is 5.56 Å². The van der Waals surface area contributed by atoms with E-state index in [4.69, 9.17) is 0 Å². The molecule has 35 heavy (non-hydrogen) atoms. The third-order valence-corrected chi connectivity index (χ3v) is 7.18. The second kappa shape index (κ2) is 8.06. The standard InChI is InChI=1S/C26H28N8O/c1-16-24(17(2)32(4)30-16)19-11-20-21(14-28-25(20)27-13-19)18-5-6-34-23(12-18)22(15-29-34)26(35)33-9-7-31(3)8-10-33/h5-6,11-15H,7-10H2,1-4H3,(H,27,28). The summed E-state index contributed by atoms with van der Waals surface area (Å²) in [6.45, 7) is 7.33. The first kappa shape index (κ1) is 21.5. The van der Waals surface area contributed by atoms with Gasteiger partial charge in [-0.3, -0.25) is 9.48 Å². The topological polar surface area (TPSA) is 87.3 Å². The number of aromatic amines is 1. The Kier molecular flexibility index (Phi) is 4.96. The number of amides is 1. The van der Waals surface area contributed by atoms with Crippen molar-refractivity contribution in [1.29, 1.82) is 0 Å². The van der Waals surface area contributed by atoms with Crippen LogP contribution in [0.2, 0.25) is 0 Å². The molecule has 0 saturated carbocycles. The van der Waals surface area contributed by atoms with E-state index in [-0.39, 0.29) is 5.91 Å². The van der Waals surface area contributed by atoms with Crippen LogP contribution in [-0.2, 0) is 7.05 Å². The van der Waals surface area contributed by atoms with Crippen LogP contribution in [-0.4, -0.2) is 78.3 Å². The lowest BCUT2D eigenvalue weighted by Crippen LogP contribution is -2.47. The molecule has 1 fully saturated rings. The quantitative estimate of drug-likeness (QED) is 0.439. The SMILES string of the molecule is Cc1nn(C)c(C)c1-c1cnc2[nH]cc(-c3ccn4ncc(C(=O)N5CCN(C)CC5)c4c3)c2c1. The van der Waals surface area contributed by atoms with Gasteiger partial charge in [0.1, 0.15) is 5.65 Å². The summed E-state index contributed by atoms with van der Waals surface area (Å²) in [6, 6.07) is 6.24. The summed E-state index contributed by atoms with van der Waals surface area (Å²) in [5.74, 6) is 0.0376. The normalized spacial score (nSPS) is 14.9. The summed E-state index contributed by atoms with van der Waals surface area (Å²) >= 11 is 0. The fourth-order valence-electron chi connectivity index (χ4n) is 5.06. The average molecular weight is 469 g/mol. The Hall–Kier alpha value is -3.98. The van der Waals surface area contributed by atoms with Crippen LogP contribution in [0.4, 0.5) is 0 Å². The lowest BCUT2D eigenvalue weighted by Gasteiger charge is -2.32. The van der Waals surface area contributed by atoms with E-state index in [9.17, 15) is 4.79 Å². The number of carbonyl (C=O) groups is 1. The molecule has 0 unspecified atom stereocenters. The third kappa shape index (κ3) is 3.50. The van der Waals surface area contributed by atoms with Crippen molar-refractivity contribution < 1.29 is 4.79 Å². The van der Waals surface area contributed by atoms with E-state index in [0.717, 1.165) is 76.4 Å². The van der Waals surface area contributed by atoms with Crippen LogP contribution < -0.4 is 0 Å². The molecule has 1 N–H and O–H groups in total. The van der Waals surface area contributed by atoms with E-state index in [1.807, 2.05) is 54.3 Å². The molecule has 6 rings (SSSR count). The molecule has 0 aromatic carbocycles. The number of aromatic nitrogens is 6. The fourth-order valence-corrected chi connectivity index (χ4v) is 5.06. The largest absolute Gasteiger partial charge is 0.346 e. The van der Waals surface area contributed by atoms with Gasteiger partial charge in [-0.25, -0.2) is 9.50 Å². The number of carbonyl (C=O) groups excluding carboxylic acids is 1. The maximum absolute atomic E-state index is 13.3. The van der Waals surface area contributed by atoms with Gasteiger partial charge in [0.25, 0.3) is 5.91 Å². The number of fused-ring (bicyclic) bond motifs is 2. The van der Waals surface area contributed by atoms with Crippen molar-refractivity contribution in [2.24, 2.45) is 7.05 Å². The number of likely N-dealkylation sites (N-methyl/N-ethyl adjacent to an activating group) is 1. The highest BCUT2D eigenvalue weighted by Crippen LogP contribution is 2.34. The Morgan fingerprint density at radius 3 is 2.57 bits per heavy atom. The molecular formula is C26H28N8O. The Morgan fingerprint density at radius 2 is 1.83 bits per heavy atom. The molecule has 1 amide bonds. The molecular weight excluding hydrogens is 440 g/mol. The summed E-state index contributed by atoms with van der Waals surface area (Å²) in [5, 5.41) is 10.0. The zero-order valence-corrected chi connectivity index (χ0v) is 20.4. The molecule has 9 heteroatoms. The van der Waals surface area contributed by atoms with Crippen LogP contribution in [0.3, 0.4) is 0 Å². The Morgan fingerprint density at radius 1 is 1.03 bits per heavy atom. The van der Waals surface area contributed by atoms with Crippen LogP contribution in [0, 0.1) is 13.8 Å². The lowest BCUT2D eigenvalue weighted by atomic mass is 10.0. The first-order valence-corrected chi connectivity index (χ1v) is 11.8. The minimum Gasteiger partial charge on any atom is -0.346 e. The van der Waals surface area contributed by atoms with Gasteiger partial charge in [-0.15, -0.1) is 0 Å². The van der Waals surface area contributed by atoms with E-state index in [1.165, 1.54) is 0 Å². The Bertz CT molecular complexity index is 1580. The van der Waals surface area contributed by atoms with Crippen molar-refractivity contribution in [3.63, 3.8) is 0 Å². The Labute approximate surface area is 203 Å². The van der Waals surface area contributed by atoms with Crippen LogP contribution in [0.25, 0.3) is 38.8 Å². The highest BCUT2D eigenvalue weighted by atomic mass is 16.2. The first-order chi connectivity index (χ1) is 16.9. The smallest absolute Gasteiger partial charge is 0.257 e. The van der Waals surface area contributed by atoms with Gasteiger partial charge >= 0.3 is 0 Å². The maximum Gasteiger partial charge on any atom is 0.257 e. The summed E-state index contributed by atoms with van der Waals surface area (Å²) in [5.41, 5.74) is 8.55. The molecule has 0 bridgehead atoms. The lowest BCUT2D eigenvalue weighted by molar-refractivity contribution is 0.0666. The van der Waals surface area contributed by atoms with Gasteiger partial charge in [0.05, 0.1) is 23.0 Å². The van der Waals surface area contributed by atoms with Crippen molar-refractivity contribution >= 4 is 22.5 Å². The van der Waals surface area contributed by atoms with Gasteiger partial charge in [-0.05, 0) is 44.7 Å². The molecule has 1 saturated heterocycles. The van der Waals surface area contributed by atoms with E-state index in [2.05, 4.69) is 45.1 Å². The predicted molar refractivity (Wildman–Crippen MR) is 135 cm³/mol. The minimum atomic E-state index is 0.0376. The second-order valence-corrected chi connectivity index (χ2v) is 9.39. The van der Waals surface area contributed by atoms with Gasteiger partial charge in [0, 0.05) is 79.6 Å².